The summed E-state index contributed by atoms with van der Waals surface area (Å²) in [4.78, 5) is 25.6. The number of para-hydroxylation sites is 1. The lowest BCUT2D eigenvalue weighted by Crippen LogP contribution is -2.50. The van der Waals surface area contributed by atoms with Crippen LogP contribution in [0.2, 0.25) is 0 Å². The average Bonchev–Trinajstić information content (AvgIpc) is 3.05. The summed E-state index contributed by atoms with van der Waals surface area (Å²) in [5, 5.41) is 22.5. The number of amides is 3. The number of anilines is 1. The van der Waals surface area contributed by atoms with Crippen molar-refractivity contribution in [3.8, 4) is 22.6 Å². The normalized spacial score (nSPS) is 13.2. The van der Waals surface area contributed by atoms with E-state index in [9.17, 15) is 14.7 Å². The minimum absolute atomic E-state index is 0.0634. The third-order valence-electron chi connectivity index (χ3n) is 7.36. The van der Waals surface area contributed by atoms with Crippen LogP contribution in [-0.2, 0) is 11.3 Å². The molecule has 1 heterocycles. The van der Waals surface area contributed by atoms with Crippen LogP contribution in [-0.4, -0.2) is 68.7 Å². The first-order valence-corrected chi connectivity index (χ1v) is 15.3. The maximum absolute atomic E-state index is 13.4. The molecule has 1 radical (unpaired) electrons. The van der Waals surface area contributed by atoms with Crippen molar-refractivity contribution in [1.29, 1.82) is 0 Å². The van der Waals surface area contributed by atoms with Crippen LogP contribution in [0, 0.1) is 6.42 Å². The number of unbranched alkanes of at least 4 members (excludes halogenated alkanes) is 2. The molecule has 1 fully saturated rings. The van der Waals surface area contributed by atoms with Crippen molar-refractivity contribution in [2.24, 2.45) is 0 Å². The third kappa shape index (κ3) is 9.89. The summed E-state index contributed by atoms with van der Waals surface area (Å²) in [7, 11) is 1.53. The van der Waals surface area contributed by atoms with Gasteiger partial charge in [0.1, 0.15) is 6.61 Å². The van der Waals surface area contributed by atoms with Gasteiger partial charge in [-0.15, -0.1) is 0 Å². The molecule has 3 amide bonds. The lowest BCUT2D eigenvalue weighted by atomic mass is 10.0. The number of methoxy groups -OCH3 is 1. The van der Waals surface area contributed by atoms with Crippen LogP contribution in [0.5, 0.6) is 11.5 Å². The van der Waals surface area contributed by atoms with Gasteiger partial charge in [-0.25, -0.2) is 19.6 Å². The van der Waals surface area contributed by atoms with E-state index in [0.717, 1.165) is 74.1 Å². The molecule has 0 aliphatic carbocycles. The molecule has 1 aliphatic rings. The molecule has 0 saturated carbocycles. The Morgan fingerprint density at radius 2 is 1.61 bits per heavy atom. The van der Waals surface area contributed by atoms with Crippen LogP contribution in [0.25, 0.3) is 11.1 Å². The van der Waals surface area contributed by atoms with Crippen LogP contribution in [0.15, 0.2) is 72.8 Å². The summed E-state index contributed by atoms with van der Waals surface area (Å²) >= 11 is 0. The van der Waals surface area contributed by atoms with Gasteiger partial charge in [-0.2, -0.15) is 0 Å². The molecule has 1 saturated heterocycles. The van der Waals surface area contributed by atoms with E-state index in [-0.39, 0.29) is 24.9 Å². The number of aromatic hydroxyl groups is 1. The number of urea groups is 1. The Hall–Kier alpha value is -4.28. The van der Waals surface area contributed by atoms with Crippen molar-refractivity contribution in [3.05, 3.63) is 84.8 Å². The zero-order valence-electron chi connectivity index (χ0n) is 25.5. The first-order valence-electron chi connectivity index (χ1n) is 15.3. The minimum atomic E-state index is -0.463. The molecule has 3 aromatic rings. The fourth-order valence-electron chi connectivity index (χ4n) is 5.08. The van der Waals surface area contributed by atoms with Crippen molar-refractivity contribution < 1.29 is 24.2 Å². The van der Waals surface area contributed by atoms with E-state index in [4.69, 9.17) is 9.47 Å². The molecule has 4 rings (SSSR count). The second-order valence-electron chi connectivity index (χ2n) is 10.6. The Balaban J connectivity index is 1.14. The van der Waals surface area contributed by atoms with Crippen LogP contribution >= 0.6 is 0 Å². The number of rotatable bonds is 15. The van der Waals surface area contributed by atoms with Gasteiger partial charge in [0.2, 0.25) is 0 Å². The Kier molecular flexibility index (Phi) is 13.2. The van der Waals surface area contributed by atoms with Crippen molar-refractivity contribution in [1.82, 2.24) is 21.0 Å². The van der Waals surface area contributed by atoms with Gasteiger partial charge in [-0.3, -0.25) is 0 Å². The van der Waals surface area contributed by atoms with Gasteiger partial charge in [-0.05, 0) is 68.0 Å². The Labute approximate surface area is 260 Å². The first-order chi connectivity index (χ1) is 21.6. The molecule has 0 atom stereocenters. The quantitative estimate of drug-likeness (QED) is 0.170. The number of phenols is 1. The van der Waals surface area contributed by atoms with Gasteiger partial charge in [-0.1, -0.05) is 61.0 Å². The van der Waals surface area contributed by atoms with E-state index in [1.54, 1.807) is 17.1 Å². The highest BCUT2D eigenvalue weighted by atomic mass is 16.6. The number of nitrogens with zero attached hydrogens (tertiary/aromatic N) is 2. The summed E-state index contributed by atoms with van der Waals surface area (Å²) < 4.78 is 10.7. The van der Waals surface area contributed by atoms with Gasteiger partial charge < -0.3 is 30.5 Å². The fraction of sp³-hybridized carbons (Fsp3) is 0.382. The maximum Gasteiger partial charge on any atom is 0.429 e. The molecule has 3 aromatic carbocycles. The molecule has 235 valence electrons. The molecule has 0 bridgehead atoms. The highest BCUT2D eigenvalue weighted by Gasteiger charge is 2.28. The lowest BCUT2D eigenvalue weighted by Gasteiger charge is -2.37. The smallest absolute Gasteiger partial charge is 0.429 e. The topological polar surface area (TPSA) is 115 Å². The fourth-order valence-corrected chi connectivity index (χ4v) is 5.08. The van der Waals surface area contributed by atoms with Crippen LogP contribution in [0.4, 0.5) is 15.3 Å². The predicted octanol–water partition coefficient (Wildman–Crippen LogP) is 5.49. The number of hydrazine groups is 1. The van der Waals surface area contributed by atoms with Gasteiger partial charge in [0.15, 0.2) is 11.5 Å². The molecule has 1 aliphatic heterocycles. The maximum atomic E-state index is 13.4. The molecule has 0 unspecified atom stereocenters. The first kappa shape index (κ1) is 32.6. The van der Waals surface area contributed by atoms with Crippen molar-refractivity contribution in [3.63, 3.8) is 0 Å². The highest BCUT2D eigenvalue weighted by Crippen LogP contribution is 2.33. The monoisotopic (exact) mass is 602 g/mol. The number of phenolic OH excluding ortho intramolecular Hbond substituents is 1. The van der Waals surface area contributed by atoms with Gasteiger partial charge in [0, 0.05) is 31.7 Å². The summed E-state index contributed by atoms with van der Waals surface area (Å²) in [5.74, 6) is 0.600. The van der Waals surface area contributed by atoms with Gasteiger partial charge in [0.25, 0.3) is 0 Å². The van der Waals surface area contributed by atoms with E-state index in [0.29, 0.717) is 18.8 Å². The van der Waals surface area contributed by atoms with Crippen LogP contribution < -0.4 is 25.7 Å². The molecule has 10 nitrogen and oxygen atoms in total. The average molecular weight is 603 g/mol. The highest BCUT2D eigenvalue weighted by molar-refractivity contribution is 5.93. The molecule has 10 heteroatoms. The third-order valence-corrected chi connectivity index (χ3v) is 7.36. The summed E-state index contributed by atoms with van der Waals surface area (Å²) in [6, 6.07) is 22.9. The van der Waals surface area contributed by atoms with Crippen LogP contribution in [0.1, 0.15) is 37.7 Å². The summed E-state index contributed by atoms with van der Waals surface area (Å²) in [6.07, 6.45) is 6.36. The Morgan fingerprint density at radius 3 is 2.39 bits per heavy atom. The van der Waals surface area contributed by atoms with E-state index in [2.05, 4.69) is 22.4 Å². The number of piperidine rings is 1. The van der Waals surface area contributed by atoms with Gasteiger partial charge >= 0.3 is 12.1 Å². The number of nitrogens with one attached hydrogen (secondary N) is 3. The number of carbonyl (C=O) groups excluding carboxylic acids is 2. The molecule has 44 heavy (non-hydrogen) atoms. The van der Waals surface area contributed by atoms with E-state index < -0.39 is 6.09 Å². The zero-order chi connectivity index (χ0) is 31.0. The van der Waals surface area contributed by atoms with Crippen molar-refractivity contribution in [2.75, 3.05) is 51.4 Å². The van der Waals surface area contributed by atoms with Crippen molar-refractivity contribution in [2.45, 2.75) is 38.6 Å². The van der Waals surface area contributed by atoms with E-state index >= 15 is 0 Å². The van der Waals surface area contributed by atoms with Crippen LogP contribution in [0.3, 0.4) is 0 Å². The molecule has 0 aromatic heterocycles. The number of benzene rings is 3. The van der Waals surface area contributed by atoms with E-state index in [1.807, 2.05) is 65.7 Å². The second kappa shape index (κ2) is 17.7. The Morgan fingerprint density at radius 1 is 0.886 bits per heavy atom. The Bertz CT molecular complexity index is 1320. The zero-order valence-corrected chi connectivity index (χ0v) is 25.5. The summed E-state index contributed by atoms with van der Waals surface area (Å²) in [6.45, 7) is 3.79. The number of ether oxygens (including phenoxy) is 2. The largest absolute Gasteiger partial charge is 0.504 e. The number of hydrogen-bond donors (Lipinski definition) is 4. The molecular formula is C34H44N5O5. The van der Waals surface area contributed by atoms with Gasteiger partial charge in [0.05, 0.1) is 19.3 Å². The molecule has 0 spiro atoms. The SMILES string of the molecule is COc1ccc(CNCCCCCNC(=O)NCCOC(=O)N(c2ccccc2-c2ccccc2)N2CC[CH]CC2)cc1O. The molecular weight excluding hydrogens is 558 g/mol. The number of hydrogen-bond acceptors (Lipinski definition) is 7. The summed E-state index contributed by atoms with van der Waals surface area (Å²) in [5.41, 5.74) is 3.73. The van der Waals surface area contributed by atoms with E-state index in [1.165, 1.54) is 7.11 Å². The standard InChI is InChI=1S/C34H44N5O5/c1-43-32-18-17-27(25-31(32)40)26-35-19-9-3-10-20-36-33(41)37-21-24-44-34(42)39(38-22-11-4-12-23-38)30-16-8-7-15-29(30)28-13-5-2-6-14-28/h2,4-8,13-18,25,35,40H,3,9-12,19-24,26H2,1H3,(H2,36,37,41). The number of carbonyl (C=O) groups is 2. The second-order valence-corrected chi connectivity index (χ2v) is 10.6. The van der Waals surface area contributed by atoms with Crippen molar-refractivity contribution >= 4 is 17.8 Å². The minimum Gasteiger partial charge on any atom is -0.504 e. The lowest BCUT2D eigenvalue weighted by molar-refractivity contribution is 0.126. The molecule has 4 N–H and O–H groups in total. The predicted molar refractivity (Wildman–Crippen MR) is 172 cm³/mol.